The number of carboxylic acids is 1. The summed E-state index contributed by atoms with van der Waals surface area (Å²) in [5.41, 5.74) is 0.515. The third-order valence-corrected chi connectivity index (χ3v) is 3.81. The van der Waals surface area contributed by atoms with Crippen LogP contribution < -0.4 is 10.1 Å². The minimum Gasteiger partial charge on any atom is -0.479 e. The molecule has 0 aliphatic carbocycles. The van der Waals surface area contributed by atoms with E-state index in [1.807, 2.05) is 0 Å². The van der Waals surface area contributed by atoms with Gasteiger partial charge in [0.1, 0.15) is 11.9 Å². The van der Waals surface area contributed by atoms with Crippen LogP contribution in [0.5, 0.6) is 11.6 Å². The first-order chi connectivity index (χ1) is 12.0. The highest BCUT2D eigenvalue weighted by atomic mass is 16.5. The Labute approximate surface area is 143 Å². The van der Waals surface area contributed by atoms with Crippen LogP contribution in [-0.4, -0.2) is 39.2 Å². The molecule has 8 heteroatoms. The summed E-state index contributed by atoms with van der Waals surface area (Å²) in [5, 5.41) is 11.8. The molecule has 3 atom stereocenters. The van der Waals surface area contributed by atoms with Gasteiger partial charge in [-0.2, -0.15) is 0 Å². The molecule has 3 rings (SSSR count). The fourth-order valence-electron chi connectivity index (χ4n) is 2.62. The average molecular weight is 343 g/mol. The van der Waals surface area contributed by atoms with Gasteiger partial charge in [-0.3, -0.25) is 9.78 Å². The fourth-order valence-corrected chi connectivity index (χ4v) is 2.62. The fraction of sp³-hybridized carbons (Fsp3) is 0.294. The molecule has 0 unspecified atom stereocenters. The van der Waals surface area contributed by atoms with Crippen LogP contribution in [0.25, 0.3) is 0 Å². The van der Waals surface area contributed by atoms with E-state index in [4.69, 9.17) is 14.6 Å². The molecule has 1 aliphatic rings. The van der Waals surface area contributed by atoms with Gasteiger partial charge in [0.25, 0.3) is 5.91 Å². The first-order valence-corrected chi connectivity index (χ1v) is 7.76. The quantitative estimate of drug-likeness (QED) is 0.855. The summed E-state index contributed by atoms with van der Waals surface area (Å²) in [5.74, 6) is -0.834. The number of rotatable bonds is 5. The Morgan fingerprint density at radius 2 is 2.20 bits per heavy atom. The van der Waals surface area contributed by atoms with Crippen molar-refractivity contribution >= 4 is 17.6 Å². The second kappa shape index (κ2) is 7.27. The van der Waals surface area contributed by atoms with Crippen LogP contribution in [-0.2, 0) is 14.3 Å². The van der Waals surface area contributed by atoms with Crippen LogP contribution in [0.2, 0.25) is 0 Å². The van der Waals surface area contributed by atoms with Gasteiger partial charge in [-0.05, 0) is 24.5 Å². The monoisotopic (exact) mass is 343 g/mol. The van der Waals surface area contributed by atoms with Crippen molar-refractivity contribution in [2.24, 2.45) is 5.92 Å². The van der Waals surface area contributed by atoms with Crippen LogP contribution in [0, 0.1) is 5.92 Å². The summed E-state index contributed by atoms with van der Waals surface area (Å²) in [4.78, 5) is 31.3. The summed E-state index contributed by atoms with van der Waals surface area (Å²) < 4.78 is 10.9. The van der Waals surface area contributed by atoms with Gasteiger partial charge in [-0.1, -0.05) is 13.0 Å². The van der Waals surface area contributed by atoms with Crippen LogP contribution in [0.1, 0.15) is 13.3 Å². The van der Waals surface area contributed by atoms with Gasteiger partial charge in [-0.15, -0.1) is 0 Å². The number of anilines is 1. The standard InChI is InChI=1S/C17H17N3O5/c1-10-7-13(25-15(10)17(22)23)16(21)20-11-3-2-4-12(8-11)24-14-9-18-5-6-19-14/h2-6,8-10,13,15H,7H2,1H3,(H,20,21)(H,22,23)/t10-,13-,15-/m1/s1. The summed E-state index contributed by atoms with van der Waals surface area (Å²) in [6.07, 6.45) is 3.14. The lowest BCUT2D eigenvalue weighted by Crippen LogP contribution is -2.30. The van der Waals surface area contributed by atoms with E-state index in [1.165, 1.54) is 18.6 Å². The van der Waals surface area contributed by atoms with Crippen LogP contribution >= 0.6 is 0 Å². The van der Waals surface area contributed by atoms with Crippen molar-refractivity contribution in [1.29, 1.82) is 0 Å². The number of hydrogen-bond acceptors (Lipinski definition) is 6. The number of carboxylic acid groups (broad SMARTS) is 1. The van der Waals surface area contributed by atoms with E-state index < -0.39 is 18.2 Å². The Kier molecular flexibility index (Phi) is 4.90. The normalized spacial score (nSPS) is 22.4. The molecule has 0 radical (unpaired) electrons. The minimum absolute atomic E-state index is 0.223. The second-order valence-corrected chi connectivity index (χ2v) is 5.76. The van der Waals surface area contributed by atoms with Crippen LogP contribution in [0.4, 0.5) is 5.69 Å². The molecule has 1 aromatic carbocycles. The van der Waals surface area contributed by atoms with Gasteiger partial charge in [-0.25, -0.2) is 9.78 Å². The number of ether oxygens (including phenoxy) is 2. The van der Waals surface area contributed by atoms with Gasteiger partial charge < -0.3 is 19.9 Å². The zero-order valence-corrected chi connectivity index (χ0v) is 13.5. The molecule has 1 saturated heterocycles. The van der Waals surface area contributed by atoms with E-state index in [2.05, 4.69) is 15.3 Å². The van der Waals surface area contributed by atoms with Crippen molar-refractivity contribution in [2.75, 3.05) is 5.32 Å². The molecule has 2 aromatic rings. The molecule has 0 spiro atoms. The van der Waals surface area contributed by atoms with Gasteiger partial charge in [0, 0.05) is 24.1 Å². The third-order valence-electron chi connectivity index (χ3n) is 3.81. The molecule has 25 heavy (non-hydrogen) atoms. The zero-order chi connectivity index (χ0) is 17.8. The van der Waals surface area contributed by atoms with E-state index in [9.17, 15) is 9.59 Å². The number of benzene rings is 1. The number of aliphatic carboxylic acids is 1. The summed E-state index contributed by atoms with van der Waals surface area (Å²) in [6, 6.07) is 6.78. The Hall–Kier alpha value is -3.00. The number of amides is 1. The number of carbonyl (C=O) groups is 2. The molecular weight excluding hydrogens is 326 g/mol. The molecule has 2 N–H and O–H groups in total. The Bertz CT molecular complexity index is 768. The lowest BCUT2D eigenvalue weighted by Gasteiger charge is -2.12. The Morgan fingerprint density at radius 3 is 2.88 bits per heavy atom. The van der Waals surface area contributed by atoms with Crippen molar-refractivity contribution in [2.45, 2.75) is 25.6 Å². The van der Waals surface area contributed by atoms with E-state index in [1.54, 1.807) is 31.2 Å². The third kappa shape index (κ3) is 4.10. The van der Waals surface area contributed by atoms with Crippen molar-refractivity contribution in [3.8, 4) is 11.6 Å². The van der Waals surface area contributed by atoms with E-state index in [0.717, 1.165) is 0 Å². The number of carbonyl (C=O) groups excluding carboxylic acids is 1. The van der Waals surface area contributed by atoms with Gasteiger partial charge >= 0.3 is 5.97 Å². The Balaban J connectivity index is 1.64. The maximum Gasteiger partial charge on any atom is 0.333 e. The van der Waals surface area contributed by atoms with Gasteiger partial charge in [0.2, 0.25) is 5.88 Å². The SMILES string of the molecule is C[C@@H]1C[C@H](C(=O)Nc2cccc(Oc3cnccn3)c2)O[C@H]1C(=O)O. The topological polar surface area (TPSA) is 111 Å². The van der Waals surface area contributed by atoms with Crippen LogP contribution in [0.15, 0.2) is 42.9 Å². The first kappa shape index (κ1) is 16.8. The summed E-state index contributed by atoms with van der Waals surface area (Å²) in [7, 11) is 0. The summed E-state index contributed by atoms with van der Waals surface area (Å²) >= 11 is 0. The predicted octanol–water partition coefficient (Wildman–Crippen LogP) is 2.09. The lowest BCUT2D eigenvalue weighted by atomic mass is 10.0. The molecule has 2 heterocycles. The van der Waals surface area contributed by atoms with Gasteiger partial charge in [0.05, 0.1) is 6.20 Å². The molecule has 8 nitrogen and oxygen atoms in total. The Morgan fingerprint density at radius 1 is 1.36 bits per heavy atom. The van der Waals surface area contributed by atoms with Crippen LogP contribution in [0.3, 0.4) is 0 Å². The molecule has 1 aliphatic heterocycles. The maximum atomic E-state index is 12.3. The molecule has 0 bridgehead atoms. The largest absolute Gasteiger partial charge is 0.479 e. The van der Waals surface area contributed by atoms with E-state index in [0.29, 0.717) is 23.7 Å². The molecule has 1 aromatic heterocycles. The summed E-state index contributed by atoms with van der Waals surface area (Å²) in [6.45, 7) is 1.75. The van der Waals surface area contributed by atoms with Crippen molar-refractivity contribution < 1.29 is 24.2 Å². The smallest absolute Gasteiger partial charge is 0.333 e. The molecule has 0 saturated carbocycles. The number of nitrogens with zero attached hydrogens (tertiary/aromatic N) is 2. The first-order valence-electron chi connectivity index (χ1n) is 7.76. The van der Waals surface area contributed by atoms with Crippen molar-refractivity contribution in [3.63, 3.8) is 0 Å². The molecule has 1 amide bonds. The lowest BCUT2D eigenvalue weighted by molar-refractivity contribution is -0.152. The van der Waals surface area contributed by atoms with Gasteiger partial charge in [0.15, 0.2) is 6.10 Å². The predicted molar refractivity (Wildman–Crippen MR) is 87.3 cm³/mol. The molecule has 1 fully saturated rings. The highest BCUT2D eigenvalue weighted by Gasteiger charge is 2.40. The second-order valence-electron chi connectivity index (χ2n) is 5.76. The number of nitrogens with one attached hydrogen (secondary N) is 1. The number of hydrogen-bond donors (Lipinski definition) is 2. The number of aromatic nitrogens is 2. The van der Waals surface area contributed by atoms with Crippen molar-refractivity contribution in [1.82, 2.24) is 9.97 Å². The molecule has 130 valence electrons. The maximum absolute atomic E-state index is 12.3. The zero-order valence-electron chi connectivity index (χ0n) is 13.5. The van der Waals surface area contributed by atoms with Crippen molar-refractivity contribution in [3.05, 3.63) is 42.9 Å². The van der Waals surface area contributed by atoms with E-state index in [-0.39, 0.29) is 11.8 Å². The minimum atomic E-state index is -1.05. The van der Waals surface area contributed by atoms with E-state index >= 15 is 0 Å². The highest BCUT2D eigenvalue weighted by molar-refractivity contribution is 5.95. The highest BCUT2D eigenvalue weighted by Crippen LogP contribution is 2.28. The average Bonchev–Trinajstić information content (AvgIpc) is 2.98. The molecular formula is C17H17N3O5.